The molecule has 1 aliphatic rings. The second-order valence-corrected chi connectivity index (χ2v) is 9.29. The van der Waals surface area contributed by atoms with E-state index in [4.69, 9.17) is 0 Å². The molecule has 2 aromatic carbocycles. The van der Waals surface area contributed by atoms with Crippen molar-refractivity contribution in [1.29, 1.82) is 0 Å². The molecule has 1 saturated heterocycles. The zero-order valence-corrected chi connectivity index (χ0v) is 16.9. The third kappa shape index (κ3) is 4.81. The van der Waals surface area contributed by atoms with Gasteiger partial charge in [0, 0.05) is 30.3 Å². The molecule has 0 aromatic heterocycles. The number of anilines is 2. The number of hydrogen-bond acceptors (Lipinski definition) is 5. The Balaban J connectivity index is 1.93. The zero-order valence-electron chi connectivity index (χ0n) is 15.2. The Morgan fingerprint density at radius 3 is 2.37 bits per heavy atom. The summed E-state index contributed by atoms with van der Waals surface area (Å²) in [5, 5.41) is 9.52. The summed E-state index contributed by atoms with van der Waals surface area (Å²) in [6, 6.07) is 5.18. The van der Waals surface area contributed by atoms with Gasteiger partial charge < -0.3 is 10.0 Å². The molecule has 1 aliphatic heterocycles. The van der Waals surface area contributed by atoms with Crippen LogP contribution < -0.4 is 9.62 Å². The number of thioether (sulfide) groups is 1. The number of sulfonamides is 1. The number of carbonyl (C=O) groups is 1. The van der Waals surface area contributed by atoms with Crippen LogP contribution in [0, 0.1) is 5.82 Å². The van der Waals surface area contributed by atoms with E-state index in [9.17, 15) is 35.9 Å². The van der Waals surface area contributed by atoms with Crippen molar-refractivity contribution in [2.45, 2.75) is 11.1 Å². The Morgan fingerprint density at radius 2 is 1.77 bits per heavy atom. The lowest BCUT2D eigenvalue weighted by atomic mass is 10.1. The monoisotopic (exact) mass is 464 g/mol. The van der Waals surface area contributed by atoms with Crippen LogP contribution in [0.3, 0.4) is 0 Å². The average Bonchev–Trinajstić information content (AvgIpc) is 2.67. The molecule has 0 spiro atoms. The number of carboxylic acid groups (broad SMARTS) is 1. The number of aromatic carboxylic acids is 1. The lowest BCUT2D eigenvalue weighted by Crippen LogP contribution is -2.33. The van der Waals surface area contributed by atoms with Gasteiger partial charge in [0.05, 0.1) is 21.7 Å². The fourth-order valence-electron chi connectivity index (χ4n) is 2.95. The Morgan fingerprint density at radius 1 is 1.10 bits per heavy atom. The van der Waals surface area contributed by atoms with E-state index >= 15 is 0 Å². The molecule has 12 heteroatoms. The van der Waals surface area contributed by atoms with Gasteiger partial charge in [0.1, 0.15) is 5.82 Å². The van der Waals surface area contributed by atoms with E-state index in [-0.39, 0.29) is 17.3 Å². The number of alkyl halides is 3. The van der Waals surface area contributed by atoms with Gasteiger partial charge >= 0.3 is 12.1 Å². The van der Waals surface area contributed by atoms with Crippen molar-refractivity contribution in [1.82, 2.24) is 0 Å². The van der Waals surface area contributed by atoms with Crippen LogP contribution in [0.2, 0.25) is 0 Å². The van der Waals surface area contributed by atoms with E-state index in [0.29, 0.717) is 30.9 Å². The first kappa shape index (κ1) is 22.2. The molecule has 0 radical (unpaired) electrons. The maximum atomic E-state index is 13.4. The molecule has 1 fully saturated rings. The maximum Gasteiger partial charge on any atom is 0.419 e. The Hall–Kier alpha value is -2.47. The molecule has 6 nitrogen and oxygen atoms in total. The summed E-state index contributed by atoms with van der Waals surface area (Å²) in [5.41, 5.74) is -1.57. The van der Waals surface area contributed by atoms with Crippen LogP contribution in [0.25, 0.3) is 0 Å². The summed E-state index contributed by atoms with van der Waals surface area (Å²) in [4.78, 5) is 12.7. The summed E-state index contributed by atoms with van der Waals surface area (Å²) in [5.74, 6) is -1.23. The Labute approximate surface area is 173 Å². The highest BCUT2D eigenvalue weighted by atomic mass is 32.2. The van der Waals surface area contributed by atoms with E-state index in [1.165, 1.54) is 12.1 Å². The van der Waals surface area contributed by atoms with Crippen LogP contribution in [0.4, 0.5) is 28.9 Å². The number of carboxylic acids is 1. The number of halogens is 4. The molecule has 2 N–H and O–H groups in total. The first-order chi connectivity index (χ1) is 14.0. The van der Waals surface area contributed by atoms with Gasteiger partial charge in [0.15, 0.2) is 0 Å². The van der Waals surface area contributed by atoms with Crippen LogP contribution in [-0.2, 0) is 16.2 Å². The number of nitrogens with zero attached hydrogens (tertiary/aromatic N) is 1. The minimum absolute atomic E-state index is 0.139. The number of rotatable bonds is 5. The van der Waals surface area contributed by atoms with Crippen molar-refractivity contribution in [3.63, 3.8) is 0 Å². The summed E-state index contributed by atoms with van der Waals surface area (Å²) < 4.78 is 79.1. The molecule has 0 aliphatic carbocycles. The van der Waals surface area contributed by atoms with Crippen LogP contribution in [0.1, 0.15) is 15.9 Å². The molecular formula is C18H16F4N2O4S2. The van der Waals surface area contributed by atoms with Crippen molar-refractivity contribution in [2.75, 3.05) is 34.2 Å². The molecule has 2 aromatic rings. The molecule has 162 valence electrons. The predicted octanol–water partition coefficient (Wildman–Crippen LogP) is 3.90. The fraction of sp³-hybridized carbons (Fsp3) is 0.278. The van der Waals surface area contributed by atoms with E-state index in [1.807, 2.05) is 4.90 Å². The second-order valence-electron chi connectivity index (χ2n) is 6.38. The quantitative estimate of drug-likeness (QED) is 0.653. The van der Waals surface area contributed by atoms with E-state index in [1.54, 1.807) is 11.8 Å². The highest BCUT2D eigenvalue weighted by molar-refractivity contribution is 7.99. The summed E-state index contributed by atoms with van der Waals surface area (Å²) in [6.07, 6.45) is -5.07. The van der Waals surface area contributed by atoms with Crippen molar-refractivity contribution in [3.8, 4) is 0 Å². The summed E-state index contributed by atoms with van der Waals surface area (Å²) >= 11 is 1.73. The smallest absolute Gasteiger partial charge is 0.419 e. The molecule has 0 atom stereocenters. The van der Waals surface area contributed by atoms with E-state index in [0.717, 1.165) is 17.6 Å². The average molecular weight is 464 g/mol. The highest BCUT2D eigenvalue weighted by Crippen LogP contribution is 2.33. The predicted molar refractivity (Wildman–Crippen MR) is 105 cm³/mol. The second kappa shape index (κ2) is 8.34. The first-order valence-corrected chi connectivity index (χ1v) is 11.2. The van der Waals surface area contributed by atoms with Crippen LogP contribution in [0.5, 0.6) is 0 Å². The van der Waals surface area contributed by atoms with Crippen LogP contribution >= 0.6 is 11.8 Å². The lowest BCUT2D eigenvalue weighted by Gasteiger charge is -2.29. The third-order valence-corrected chi connectivity index (χ3v) is 6.71. The van der Waals surface area contributed by atoms with Crippen molar-refractivity contribution < 1.29 is 35.9 Å². The van der Waals surface area contributed by atoms with Gasteiger partial charge in [0.2, 0.25) is 0 Å². The van der Waals surface area contributed by atoms with Gasteiger partial charge in [-0.2, -0.15) is 24.9 Å². The fourth-order valence-corrected chi connectivity index (χ4v) is 4.93. The highest BCUT2D eigenvalue weighted by Gasteiger charge is 2.35. The third-order valence-electron chi connectivity index (χ3n) is 4.38. The molecule has 0 bridgehead atoms. The van der Waals surface area contributed by atoms with Gasteiger partial charge in [-0.25, -0.2) is 17.6 Å². The number of hydrogen-bond donors (Lipinski definition) is 2. The summed E-state index contributed by atoms with van der Waals surface area (Å²) in [6.45, 7) is 1.26. The standard InChI is InChI=1S/C18H16F4N2O4S2/c19-15-3-2-12(10-14(15)18(20,21)22)30(27,28)23-11-1-4-16(13(9-11)17(25)26)24-5-7-29-8-6-24/h1-4,9-10,23H,5-8H2,(H,25,26). The van der Waals surface area contributed by atoms with Gasteiger partial charge in [-0.3, -0.25) is 4.72 Å². The molecular weight excluding hydrogens is 448 g/mol. The van der Waals surface area contributed by atoms with Gasteiger partial charge in [-0.1, -0.05) is 0 Å². The van der Waals surface area contributed by atoms with E-state index in [2.05, 4.69) is 4.72 Å². The van der Waals surface area contributed by atoms with Crippen molar-refractivity contribution in [3.05, 3.63) is 53.3 Å². The Kier molecular flexibility index (Phi) is 6.18. The van der Waals surface area contributed by atoms with Crippen molar-refractivity contribution in [2.24, 2.45) is 0 Å². The van der Waals surface area contributed by atoms with Gasteiger partial charge in [-0.05, 0) is 36.4 Å². The number of benzene rings is 2. The van der Waals surface area contributed by atoms with Crippen LogP contribution in [0.15, 0.2) is 41.3 Å². The minimum Gasteiger partial charge on any atom is -0.478 e. The lowest BCUT2D eigenvalue weighted by molar-refractivity contribution is -0.140. The molecule has 30 heavy (non-hydrogen) atoms. The first-order valence-electron chi connectivity index (χ1n) is 8.58. The van der Waals surface area contributed by atoms with E-state index < -0.39 is 38.4 Å². The SMILES string of the molecule is O=C(O)c1cc(NS(=O)(=O)c2ccc(F)c(C(F)(F)F)c2)ccc1N1CCSCC1. The minimum atomic E-state index is -5.07. The molecule has 0 unspecified atom stereocenters. The molecule has 0 amide bonds. The Bertz CT molecular complexity index is 1070. The molecule has 3 rings (SSSR count). The molecule has 1 heterocycles. The maximum absolute atomic E-state index is 13.4. The summed E-state index contributed by atoms with van der Waals surface area (Å²) in [7, 11) is -4.52. The molecule has 0 saturated carbocycles. The van der Waals surface area contributed by atoms with Gasteiger partial charge in [0.25, 0.3) is 10.0 Å². The normalized spacial score (nSPS) is 15.1. The number of nitrogens with one attached hydrogen (secondary N) is 1. The van der Waals surface area contributed by atoms with Gasteiger partial charge in [-0.15, -0.1) is 0 Å². The van der Waals surface area contributed by atoms with Crippen molar-refractivity contribution >= 4 is 39.1 Å². The van der Waals surface area contributed by atoms with Crippen LogP contribution in [-0.4, -0.2) is 44.1 Å². The zero-order chi connectivity index (χ0) is 22.1. The topological polar surface area (TPSA) is 86.7 Å². The largest absolute Gasteiger partial charge is 0.478 e.